The summed E-state index contributed by atoms with van der Waals surface area (Å²) < 4.78 is 14.0. The van der Waals surface area contributed by atoms with Gasteiger partial charge in [-0.3, -0.25) is 4.79 Å². The lowest BCUT2D eigenvalue weighted by Crippen LogP contribution is -2.15. The van der Waals surface area contributed by atoms with E-state index in [1.165, 1.54) is 6.07 Å². The molecule has 1 aliphatic carbocycles. The molecule has 1 amide bonds. The smallest absolute Gasteiger partial charge is 0.238 e. The quantitative estimate of drug-likeness (QED) is 0.869. The molecule has 1 aliphatic rings. The number of carbonyl (C=O) groups is 1. The Balaban J connectivity index is 2.34. The maximum Gasteiger partial charge on any atom is 0.238 e. The molecular weight excluding hydrogens is 231 g/mol. The Morgan fingerprint density at radius 3 is 2.89 bits per heavy atom. The van der Waals surface area contributed by atoms with Crippen LogP contribution in [0.4, 0.5) is 10.1 Å². The zero-order chi connectivity index (χ0) is 13.3. The van der Waals surface area contributed by atoms with Crippen LogP contribution in [-0.4, -0.2) is 5.91 Å². The van der Waals surface area contributed by atoms with Crippen LogP contribution in [-0.2, 0) is 10.2 Å². The zero-order valence-electron chi connectivity index (χ0n) is 10.2. The number of nitrogens with zero attached hydrogens (tertiary/aromatic N) is 1. The van der Waals surface area contributed by atoms with Crippen molar-refractivity contribution >= 4 is 17.7 Å². The average Bonchev–Trinajstić information content (AvgIpc) is 2.55. The molecule has 0 saturated carbocycles. The number of carbonyl (C=O) groups excluding carboxylic acids is 1. The Labute approximate surface area is 105 Å². The van der Waals surface area contributed by atoms with E-state index >= 15 is 0 Å². The molecule has 3 nitrogen and oxygen atoms in total. The number of allylic oxidation sites excluding steroid dienone is 1. The van der Waals surface area contributed by atoms with Gasteiger partial charge in [0.2, 0.25) is 5.91 Å². The van der Waals surface area contributed by atoms with Crippen LogP contribution in [0.25, 0.3) is 6.08 Å². The minimum absolute atomic E-state index is 0.236. The number of hydrogen-bond acceptors (Lipinski definition) is 2. The molecule has 0 fully saturated rings. The molecular formula is C14H13FN2O. The molecule has 0 saturated heterocycles. The normalized spacial score (nSPS) is 15.0. The molecule has 1 N–H and O–H groups in total. The van der Waals surface area contributed by atoms with E-state index in [1.54, 1.807) is 12.1 Å². The number of nitrogens with one attached hydrogen (secondary N) is 1. The maximum atomic E-state index is 14.0. The van der Waals surface area contributed by atoms with Crippen molar-refractivity contribution in [3.63, 3.8) is 0 Å². The Kier molecular flexibility index (Phi) is 2.92. The van der Waals surface area contributed by atoms with Crippen LogP contribution in [0.1, 0.15) is 31.4 Å². The van der Waals surface area contributed by atoms with Gasteiger partial charge >= 0.3 is 0 Å². The third-order valence-corrected chi connectivity index (χ3v) is 2.97. The molecule has 0 unspecified atom stereocenters. The maximum absolute atomic E-state index is 14.0. The van der Waals surface area contributed by atoms with Gasteiger partial charge in [0.1, 0.15) is 12.2 Å². The predicted molar refractivity (Wildman–Crippen MR) is 67.3 cm³/mol. The molecule has 0 bridgehead atoms. The molecule has 1 aromatic carbocycles. The Morgan fingerprint density at radius 1 is 1.50 bits per heavy atom. The number of fused-ring (bicyclic) bond motifs is 1. The summed E-state index contributed by atoms with van der Waals surface area (Å²) in [5, 5.41) is 10.9. The largest absolute Gasteiger partial charge is 0.325 e. The van der Waals surface area contributed by atoms with E-state index in [0.717, 1.165) is 5.56 Å². The van der Waals surface area contributed by atoms with E-state index in [0.29, 0.717) is 11.3 Å². The monoisotopic (exact) mass is 244 g/mol. The number of rotatable bonds is 2. The highest BCUT2D eigenvalue weighted by molar-refractivity contribution is 5.92. The van der Waals surface area contributed by atoms with Gasteiger partial charge < -0.3 is 5.32 Å². The lowest BCUT2D eigenvalue weighted by atomic mass is 9.86. The molecule has 4 heteroatoms. The zero-order valence-corrected chi connectivity index (χ0v) is 10.2. The highest BCUT2D eigenvalue weighted by atomic mass is 19.1. The fourth-order valence-electron chi connectivity index (χ4n) is 2.17. The van der Waals surface area contributed by atoms with Crippen LogP contribution in [0.15, 0.2) is 18.2 Å². The van der Waals surface area contributed by atoms with Gasteiger partial charge in [-0.15, -0.1) is 0 Å². The first kappa shape index (κ1) is 12.3. The van der Waals surface area contributed by atoms with Gasteiger partial charge in [0.05, 0.1) is 6.07 Å². The molecule has 18 heavy (non-hydrogen) atoms. The van der Waals surface area contributed by atoms with Gasteiger partial charge in [0.25, 0.3) is 0 Å². The number of amides is 1. The van der Waals surface area contributed by atoms with Crippen LogP contribution in [0.2, 0.25) is 0 Å². The Bertz CT molecular complexity index is 582. The number of hydrogen-bond donors (Lipinski definition) is 1. The second-order valence-corrected chi connectivity index (χ2v) is 4.86. The van der Waals surface area contributed by atoms with Crippen LogP contribution in [0, 0.1) is 17.1 Å². The van der Waals surface area contributed by atoms with Crippen molar-refractivity contribution in [2.75, 3.05) is 5.32 Å². The molecule has 0 atom stereocenters. The lowest BCUT2D eigenvalue weighted by Gasteiger charge is -2.19. The van der Waals surface area contributed by atoms with E-state index in [2.05, 4.69) is 5.32 Å². The van der Waals surface area contributed by atoms with E-state index in [9.17, 15) is 9.18 Å². The molecule has 1 aromatic rings. The van der Waals surface area contributed by atoms with Crippen molar-refractivity contribution in [1.29, 1.82) is 5.26 Å². The van der Waals surface area contributed by atoms with Crippen LogP contribution >= 0.6 is 0 Å². The van der Waals surface area contributed by atoms with Crippen molar-refractivity contribution in [3.05, 3.63) is 35.2 Å². The molecule has 2 rings (SSSR count). The van der Waals surface area contributed by atoms with E-state index in [1.807, 2.05) is 26.0 Å². The molecule has 0 aliphatic heterocycles. The highest BCUT2D eigenvalue weighted by Gasteiger charge is 2.28. The van der Waals surface area contributed by atoms with Gasteiger partial charge in [-0.05, 0) is 17.7 Å². The summed E-state index contributed by atoms with van der Waals surface area (Å²) in [6, 6.07) is 4.76. The van der Waals surface area contributed by atoms with E-state index in [-0.39, 0.29) is 17.7 Å². The molecule has 0 radical (unpaired) electrons. The molecule has 0 aromatic heterocycles. The van der Waals surface area contributed by atoms with Crippen molar-refractivity contribution < 1.29 is 9.18 Å². The predicted octanol–water partition coefficient (Wildman–Crippen LogP) is 2.98. The summed E-state index contributed by atoms with van der Waals surface area (Å²) in [6.45, 7) is 3.87. The fourth-order valence-corrected chi connectivity index (χ4v) is 2.17. The third-order valence-electron chi connectivity index (χ3n) is 2.97. The minimum atomic E-state index is -0.432. The van der Waals surface area contributed by atoms with Crippen molar-refractivity contribution in [2.45, 2.75) is 25.7 Å². The van der Waals surface area contributed by atoms with Crippen molar-refractivity contribution in [1.82, 2.24) is 0 Å². The second-order valence-electron chi connectivity index (χ2n) is 4.86. The number of halogens is 1. The SMILES string of the molecule is CC1(C)C=Cc2cc(NC(=O)CC#N)cc(F)c21. The van der Waals surface area contributed by atoms with Crippen molar-refractivity contribution in [2.24, 2.45) is 0 Å². The Hall–Kier alpha value is -2.15. The molecule has 92 valence electrons. The van der Waals surface area contributed by atoms with Crippen molar-refractivity contribution in [3.8, 4) is 6.07 Å². The summed E-state index contributed by atoms with van der Waals surface area (Å²) in [5.41, 5.74) is 1.47. The summed E-state index contributed by atoms with van der Waals surface area (Å²) in [4.78, 5) is 11.3. The highest BCUT2D eigenvalue weighted by Crippen LogP contribution is 2.38. The van der Waals surface area contributed by atoms with E-state index < -0.39 is 5.91 Å². The first-order valence-corrected chi connectivity index (χ1v) is 5.64. The van der Waals surface area contributed by atoms with Crippen LogP contribution < -0.4 is 5.32 Å². The summed E-state index contributed by atoms with van der Waals surface area (Å²) >= 11 is 0. The lowest BCUT2D eigenvalue weighted by molar-refractivity contribution is -0.115. The van der Waals surface area contributed by atoms with Gasteiger partial charge in [-0.2, -0.15) is 5.26 Å². The number of nitriles is 1. The van der Waals surface area contributed by atoms with Gasteiger partial charge in [0, 0.05) is 16.7 Å². The minimum Gasteiger partial charge on any atom is -0.325 e. The number of anilines is 1. The topological polar surface area (TPSA) is 52.9 Å². The summed E-state index contributed by atoms with van der Waals surface area (Å²) in [6.07, 6.45) is 3.54. The first-order valence-electron chi connectivity index (χ1n) is 5.64. The third kappa shape index (κ3) is 2.12. The van der Waals surface area contributed by atoms with Gasteiger partial charge in [-0.1, -0.05) is 26.0 Å². The molecule has 0 spiro atoms. The summed E-state index contributed by atoms with van der Waals surface area (Å²) in [7, 11) is 0. The van der Waals surface area contributed by atoms with Crippen LogP contribution in [0.5, 0.6) is 0 Å². The average molecular weight is 244 g/mol. The Morgan fingerprint density at radius 2 is 2.22 bits per heavy atom. The standard InChI is InChI=1S/C14H13FN2O/c1-14(2)5-3-9-7-10(8-11(15)13(9)14)17-12(18)4-6-16/h3,5,7-8H,4H2,1-2H3,(H,17,18). The fraction of sp³-hybridized carbons (Fsp3) is 0.286. The summed E-state index contributed by atoms with van der Waals surface area (Å²) in [5.74, 6) is -0.771. The van der Waals surface area contributed by atoms with Crippen LogP contribution in [0.3, 0.4) is 0 Å². The van der Waals surface area contributed by atoms with Gasteiger partial charge in [0.15, 0.2) is 0 Å². The van der Waals surface area contributed by atoms with E-state index in [4.69, 9.17) is 5.26 Å². The first-order chi connectivity index (χ1) is 8.44. The molecule has 0 heterocycles. The van der Waals surface area contributed by atoms with Gasteiger partial charge in [-0.25, -0.2) is 4.39 Å². The second kappa shape index (κ2) is 4.26. The number of benzene rings is 1.